The molecule has 114 valence electrons. The zero-order chi connectivity index (χ0) is 15.5. The van der Waals surface area contributed by atoms with E-state index in [4.69, 9.17) is 4.98 Å². The third-order valence-corrected chi connectivity index (χ3v) is 4.00. The SMILES string of the molecule is C[C@@H](NCc1cccc(CO)c1)c1nc2ccccc2n1C. The molecule has 0 saturated heterocycles. The summed E-state index contributed by atoms with van der Waals surface area (Å²) in [5, 5.41) is 12.7. The molecule has 0 radical (unpaired) electrons. The molecule has 3 aromatic rings. The lowest BCUT2D eigenvalue weighted by Crippen LogP contribution is -2.21. The van der Waals surface area contributed by atoms with Crippen molar-refractivity contribution < 1.29 is 5.11 Å². The second-order valence-corrected chi connectivity index (χ2v) is 5.60. The molecular weight excluding hydrogens is 274 g/mol. The average molecular weight is 295 g/mol. The maximum atomic E-state index is 9.20. The fourth-order valence-electron chi connectivity index (χ4n) is 2.75. The number of hydrogen-bond donors (Lipinski definition) is 2. The Morgan fingerprint density at radius 3 is 2.68 bits per heavy atom. The Balaban J connectivity index is 1.75. The predicted octanol–water partition coefficient (Wildman–Crippen LogP) is 2.92. The van der Waals surface area contributed by atoms with E-state index in [9.17, 15) is 5.11 Å². The molecule has 4 heteroatoms. The molecular formula is C18H21N3O. The van der Waals surface area contributed by atoms with Crippen LogP contribution in [0.2, 0.25) is 0 Å². The van der Waals surface area contributed by atoms with Crippen molar-refractivity contribution >= 4 is 11.0 Å². The topological polar surface area (TPSA) is 50.1 Å². The summed E-state index contributed by atoms with van der Waals surface area (Å²) in [6, 6.07) is 16.3. The maximum Gasteiger partial charge on any atom is 0.126 e. The number of benzene rings is 2. The van der Waals surface area contributed by atoms with Crippen LogP contribution in [0.3, 0.4) is 0 Å². The zero-order valence-corrected chi connectivity index (χ0v) is 13.0. The van der Waals surface area contributed by atoms with Crippen molar-refractivity contribution in [3.8, 4) is 0 Å². The molecule has 0 bridgehead atoms. The number of aromatic nitrogens is 2. The van der Waals surface area contributed by atoms with E-state index >= 15 is 0 Å². The average Bonchev–Trinajstić information content (AvgIpc) is 2.90. The molecule has 3 rings (SSSR count). The summed E-state index contributed by atoms with van der Waals surface area (Å²) in [7, 11) is 2.05. The number of aryl methyl sites for hydroxylation is 1. The third kappa shape index (κ3) is 2.89. The van der Waals surface area contributed by atoms with Gasteiger partial charge in [-0.3, -0.25) is 0 Å². The normalized spacial score (nSPS) is 12.7. The fourth-order valence-corrected chi connectivity index (χ4v) is 2.75. The van der Waals surface area contributed by atoms with Crippen LogP contribution in [0.5, 0.6) is 0 Å². The number of imidazole rings is 1. The first-order valence-corrected chi connectivity index (χ1v) is 7.52. The number of aliphatic hydroxyl groups excluding tert-OH is 1. The van der Waals surface area contributed by atoms with Gasteiger partial charge in [0.05, 0.1) is 23.7 Å². The second-order valence-electron chi connectivity index (χ2n) is 5.60. The lowest BCUT2D eigenvalue weighted by atomic mass is 10.1. The highest BCUT2D eigenvalue weighted by molar-refractivity contribution is 5.75. The monoisotopic (exact) mass is 295 g/mol. The van der Waals surface area contributed by atoms with Gasteiger partial charge in [-0.15, -0.1) is 0 Å². The lowest BCUT2D eigenvalue weighted by molar-refractivity contribution is 0.281. The van der Waals surface area contributed by atoms with Crippen LogP contribution in [-0.4, -0.2) is 14.7 Å². The highest BCUT2D eigenvalue weighted by atomic mass is 16.3. The summed E-state index contributed by atoms with van der Waals surface area (Å²) >= 11 is 0. The van der Waals surface area contributed by atoms with Crippen molar-refractivity contribution in [1.29, 1.82) is 0 Å². The highest BCUT2D eigenvalue weighted by Gasteiger charge is 2.13. The first kappa shape index (κ1) is 14.8. The third-order valence-electron chi connectivity index (χ3n) is 4.00. The van der Waals surface area contributed by atoms with E-state index in [-0.39, 0.29) is 12.6 Å². The number of hydrogen-bond acceptors (Lipinski definition) is 3. The van der Waals surface area contributed by atoms with Crippen molar-refractivity contribution in [3.63, 3.8) is 0 Å². The van der Waals surface area contributed by atoms with Gasteiger partial charge < -0.3 is 15.0 Å². The van der Waals surface area contributed by atoms with Gasteiger partial charge in [0.15, 0.2) is 0 Å². The van der Waals surface area contributed by atoms with E-state index in [0.717, 1.165) is 34.5 Å². The van der Waals surface area contributed by atoms with E-state index < -0.39 is 0 Å². The Kier molecular flexibility index (Phi) is 4.22. The standard InChI is InChI=1S/C18H21N3O/c1-13(19-11-14-6-5-7-15(10-14)12-22)18-20-16-8-3-4-9-17(16)21(18)2/h3-10,13,19,22H,11-12H2,1-2H3/t13-/m1/s1. The molecule has 0 spiro atoms. The number of nitrogens with one attached hydrogen (secondary N) is 1. The lowest BCUT2D eigenvalue weighted by Gasteiger charge is -2.14. The number of aliphatic hydroxyl groups is 1. The first-order valence-electron chi connectivity index (χ1n) is 7.52. The summed E-state index contributed by atoms with van der Waals surface area (Å²) in [5.41, 5.74) is 4.27. The van der Waals surface area contributed by atoms with Gasteiger partial charge in [0, 0.05) is 13.6 Å². The number of nitrogens with zero attached hydrogens (tertiary/aromatic N) is 2. The highest BCUT2D eigenvalue weighted by Crippen LogP contribution is 2.19. The van der Waals surface area contributed by atoms with Crippen molar-refractivity contribution in [3.05, 3.63) is 65.5 Å². The largest absolute Gasteiger partial charge is 0.392 e. The second kappa shape index (κ2) is 6.30. The summed E-state index contributed by atoms with van der Waals surface area (Å²) in [6.07, 6.45) is 0. The minimum atomic E-state index is 0.0775. The molecule has 1 heterocycles. The molecule has 0 saturated carbocycles. The molecule has 1 atom stereocenters. The van der Waals surface area contributed by atoms with Crippen molar-refractivity contribution in [2.24, 2.45) is 7.05 Å². The van der Waals surface area contributed by atoms with Gasteiger partial charge in [-0.25, -0.2) is 4.98 Å². The van der Waals surface area contributed by atoms with Crippen LogP contribution in [0.4, 0.5) is 0 Å². The van der Waals surface area contributed by atoms with Gasteiger partial charge >= 0.3 is 0 Å². The quantitative estimate of drug-likeness (QED) is 0.761. The first-order chi connectivity index (χ1) is 10.7. The predicted molar refractivity (Wildman–Crippen MR) is 88.3 cm³/mol. The van der Waals surface area contributed by atoms with Crippen molar-refractivity contribution in [1.82, 2.24) is 14.9 Å². The molecule has 0 unspecified atom stereocenters. The van der Waals surface area contributed by atoms with Gasteiger partial charge in [-0.1, -0.05) is 36.4 Å². The van der Waals surface area contributed by atoms with E-state index in [2.05, 4.69) is 36.0 Å². The Morgan fingerprint density at radius 2 is 1.91 bits per heavy atom. The van der Waals surface area contributed by atoms with E-state index in [1.165, 1.54) is 0 Å². The van der Waals surface area contributed by atoms with E-state index in [0.29, 0.717) is 0 Å². The van der Waals surface area contributed by atoms with Crippen molar-refractivity contribution in [2.75, 3.05) is 0 Å². The minimum absolute atomic E-state index is 0.0775. The van der Waals surface area contributed by atoms with Crippen LogP contribution < -0.4 is 5.32 Å². The zero-order valence-electron chi connectivity index (χ0n) is 13.0. The van der Waals surface area contributed by atoms with Crippen LogP contribution in [0, 0.1) is 0 Å². The van der Waals surface area contributed by atoms with Gasteiger partial charge in [0.2, 0.25) is 0 Å². The minimum Gasteiger partial charge on any atom is -0.392 e. The number of rotatable bonds is 5. The van der Waals surface area contributed by atoms with E-state index in [1.54, 1.807) is 0 Å². The van der Waals surface area contributed by atoms with Crippen LogP contribution in [-0.2, 0) is 20.2 Å². The Hall–Kier alpha value is -2.17. The Morgan fingerprint density at radius 1 is 1.14 bits per heavy atom. The van der Waals surface area contributed by atoms with E-state index in [1.807, 2.05) is 36.4 Å². The smallest absolute Gasteiger partial charge is 0.126 e. The van der Waals surface area contributed by atoms with Crippen LogP contribution in [0.15, 0.2) is 48.5 Å². The van der Waals surface area contributed by atoms with Gasteiger partial charge in [0.1, 0.15) is 5.82 Å². The van der Waals surface area contributed by atoms with Crippen LogP contribution >= 0.6 is 0 Å². The molecule has 0 aliphatic heterocycles. The van der Waals surface area contributed by atoms with Crippen molar-refractivity contribution in [2.45, 2.75) is 26.1 Å². The molecule has 0 fully saturated rings. The van der Waals surface area contributed by atoms with Gasteiger partial charge in [0.25, 0.3) is 0 Å². The molecule has 2 N–H and O–H groups in total. The summed E-state index contributed by atoms with van der Waals surface area (Å²) in [5.74, 6) is 1.03. The fraction of sp³-hybridized carbons (Fsp3) is 0.278. The van der Waals surface area contributed by atoms with Crippen LogP contribution in [0.25, 0.3) is 11.0 Å². The van der Waals surface area contributed by atoms with Gasteiger partial charge in [-0.05, 0) is 30.2 Å². The van der Waals surface area contributed by atoms with Crippen LogP contribution in [0.1, 0.15) is 29.9 Å². The summed E-state index contributed by atoms with van der Waals surface area (Å²) in [6.45, 7) is 2.95. The molecule has 1 aromatic heterocycles. The Labute approximate surface area is 130 Å². The molecule has 4 nitrogen and oxygen atoms in total. The summed E-state index contributed by atoms with van der Waals surface area (Å²) in [4.78, 5) is 4.72. The maximum absolute atomic E-state index is 9.20. The van der Waals surface area contributed by atoms with Gasteiger partial charge in [-0.2, -0.15) is 0 Å². The number of para-hydroxylation sites is 2. The number of fused-ring (bicyclic) bond motifs is 1. The molecule has 22 heavy (non-hydrogen) atoms. The summed E-state index contributed by atoms with van der Waals surface area (Å²) < 4.78 is 2.14. The Bertz CT molecular complexity index is 779. The molecule has 2 aromatic carbocycles. The molecule has 0 aliphatic rings. The molecule has 0 aliphatic carbocycles. The molecule has 0 amide bonds.